The van der Waals surface area contributed by atoms with Gasteiger partial charge in [-0.2, -0.15) is 4.68 Å². The highest BCUT2D eigenvalue weighted by Crippen LogP contribution is 2.09. The minimum Gasteiger partial charge on any atom is -0.349 e. The van der Waals surface area contributed by atoms with E-state index in [4.69, 9.17) is 0 Å². The maximum Gasteiger partial charge on any atom is 0.282 e. The Balaban J connectivity index is 1.96. The monoisotopic (exact) mass is 306 g/mol. The molecule has 23 heavy (non-hydrogen) atoms. The molecule has 2 aromatic carbocycles. The van der Waals surface area contributed by atoms with Crippen molar-refractivity contribution >= 4 is 16.8 Å². The Bertz CT molecular complexity index is 929. The Kier molecular flexibility index (Phi) is 3.97. The number of hydrogen-bond acceptors (Lipinski definition) is 4. The molecule has 0 bridgehead atoms. The third-order valence-corrected chi connectivity index (χ3v) is 3.35. The summed E-state index contributed by atoms with van der Waals surface area (Å²) >= 11 is 0. The Morgan fingerprint density at radius 2 is 1.91 bits per heavy atom. The number of benzene rings is 2. The molecule has 0 saturated carbocycles. The predicted molar refractivity (Wildman–Crippen MR) is 87.7 cm³/mol. The smallest absolute Gasteiger partial charge is 0.282 e. The van der Waals surface area contributed by atoms with Crippen LogP contribution in [0.15, 0.2) is 66.0 Å². The molecule has 6 nitrogen and oxygen atoms in total. The van der Waals surface area contributed by atoms with E-state index in [1.165, 1.54) is 4.68 Å². The second-order valence-electron chi connectivity index (χ2n) is 4.87. The summed E-state index contributed by atoms with van der Waals surface area (Å²) in [4.78, 5) is 24.3. The van der Waals surface area contributed by atoms with Gasteiger partial charge in [-0.3, -0.25) is 9.59 Å². The number of nitrogens with zero attached hydrogens (tertiary/aromatic N) is 3. The van der Waals surface area contributed by atoms with Crippen LogP contribution >= 0.6 is 0 Å². The van der Waals surface area contributed by atoms with Gasteiger partial charge < -0.3 is 5.32 Å². The van der Waals surface area contributed by atoms with Crippen molar-refractivity contribution in [1.29, 1.82) is 0 Å². The summed E-state index contributed by atoms with van der Waals surface area (Å²) < 4.78 is 1.22. The Morgan fingerprint density at radius 1 is 1.17 bits per heavy atom. The normalized spacial score (nSPS) is 10.4. The number of rotatable bonds is 4. The number of carbonyl (C=O) groups is 1. The number of aromatic nitrogens is 3. The van der Waals surface area contributed by atoms with E-state index in [0.717, 1.165) is 0 Å². The minimum atomic E-state index is -0.251. The zero-order chi connectivity index (χ0) is 16.2. The lowest BCUT2D eigenvalue weighted by Crippen LogP contribution is -2.24. The lowest BCUT2D eigenvalue weighted by molar-refractivity contribution is 0.0958. The van der Waals surface area contributed by atoms with Gasteiger partial charge in [0.2, 0.25) is 0 Å². The molecule has 0 saturated heterocycles. The quantitative estimate of drug-likeness (QED) is 0.744. The van der Waals surface area contributed by atoms with Gasteiger partial charge in [0.15, 0.2) is 0 Å². The largest absolute Gasteiger partial charge is 0.349 e. The van der Waals surface area contributed by atoms with Crippen LogP contribution in [0.3, 0.4) is 0 Å². The zero-order valence-electron chi connectivity index (χ0n) is 12.3. The molecule has 1 aromatic heterocycles. The maximum absolute atomic E-state index is 12.5. The molecule has 0 aliphatic rings. The molecule has 0 spiro atoms. The van der Waals surface area contributed by atoms with Gasteiger partial charge in [-0.1, -0.05) is 23.4 Å². The fraction of sp³-hybridized carbons (Fsp3) is 0.0588. The third-order valence-electron chi connectivity index (χ3n) is 3.35. The van der Waals surface area contributed by atoms with E-state index < -0.39 is 0 Å². The molecule has 1 heterocycles. The van der Waals surface area contributed by atoms with E-state index >= 15 is 0 Å². The van der Waals surface area contributed by atoms with E-state index in [9.17, 15) is 9.59 Å². The molecule has 3 rings (SSSR count). The van der Waals surface area contributed by atoms with Crippen LogP contribution in [-0.4, -0.2) is 27.4 Å². The van der Waals surface area contributed by atoms with Gasteiger partial charge in [-0.05, 0) is 36.4 Å². The lowest BCUT2D eigenvalue weighted by Gasteiger charge is -2.06. The highest BCUT2D eigenvalue weighted by Gasteiger charge is 2.08. The fourth-order valence-electron chi connectivity index (χ4n) is 2.18. The molecule has 0 aliphatic carbocycles. The highest BCUT2D eigenvalue weighted by atomic mass is 16.1. The van der Waals surface area contributed by atoms with Crippen molar-refractivity contribution in [2.75, 3.05) is 6.54 Å². The van der Waals surface area contributed by atoms with Crippen LogP contribution in [0, 0.1) is 0 Å². The van der Waals surface area contributed by atoms with Crippen LogP contribution in [-0.2, 0) is 0 Å². The molecule has 3 aromatic rings. The maximum atomic E-state index is 12.5. The van der Waals surface area contributed by atoms with Crippen molar-refractivity contribution in [3.8, 4) is 5.69 Å². The van der Waals surface area contributed by atoms with E-state index in [1.54, 1.807) is 54.6 Å². The van der Waals surface area contributed by atoms with E-state index in [1.807, 2.05) is 0 Å². The first-order valence-corrected chi connectivity index (χ1v) is 7.05. The van der Waals surface area contributed by atoms with Crippen LogP contribution < -0.4 is 10.9 Å². The molecule has 6 heteroatoms. The molecule has 0 aliphatic heterocycles. The van der Waals surface area contributed by atoms with Gasteiger partial charge >= 0.3 is 0 Å². The second kappa shape index (κ2) is 6.23. The van der Waals surface area contributed by atoms with E-state index in [0.29, 0.717) is 28.7 Å². The van der Waals surface area contributed by atoms with Crippen molar-refractivity contribution in [3.63, 3.8) is 0 Å². The molecule has 0 radical (unpaired) electrons. The first-order valence-electron chi connectivity index (χ1n) is 7.05. The molecule has 0 unspecified atom stereocenters. The first-order chi connectivity index (χ1) is 11.2. The van der Waals surface area contributed by atoms with Gasteiger partial charge in [0.05, 0.1) is 11.1 Å². The Hall–Kier alpha value is -3.28. The fourth-order valence-corrected chi connectivity index (χ4v) is 2.18. The number of carbonyl (C=O) groups excluding carboxylic acids is 1. The number of fused-ring (bicyclic) bond motifs is 1. The first kappa shape index (κ1) is 14.6. The van der Waals surface area contributed by atoms with Crippen LogP contribution in [0.1, 0.15) is 10.4 Å². The summed E-state index contributed by atoms with van der Waals surface area (Å²) in [7, 11) is 0. The van der Waals surface area contributed by atoms with Gasteiger partial charge in [-0.25, -0.2) is 0 Å². The SMILES string of the molecule is C=CCNC(=O)c1ccc(-n2nnc3ccccc3c2=O)cc1. The summed E-state index contributed by atoms with van der Waals surface area (Å²) in [6.07, 6.45) is 1.61. The third kappa shape index (κ3) is 2.87. The van der Waals surface area contributed by atoms with Crippen LogP contribution in [0.25, 0.3) is 16.6 Å². The average Bonchev–Trinajstić information content (AvgIpc) is 2.60. The number of nitrogens with one attached hydrogen (secondary N) is 1. The molecule has 0 atom stereocenters. The van der Waals surface area contributed by atoms with Crippen LogP contribution in [0.4, 0.5) is 0 Å². The van der Waals surface area contributed by atoms with Gasteiger partial charge in [0.25, 0.3) is 11.5 Å². The standard InChI is InChI=1S/C17H14N4O2/c1-2-11-18-16(22)12-7-9-13(10-8-12)21-17(23)14-5-3-4-6-15(14)19-20-21/h2-10H,1,11H2,(H,18,22). The highest BCUT2D eigenvalue weighted by molar-refractivity contribution is 5.94. The molecular weight excluding hydrogens is 292 g/mol. The van der Waals surface area contributed by atoms with Crippen molar-refractivity contribution in [2.24, 2.45) is 0 Å². The summed E-state index contributed by atoms with van der Waals surface area (Å²) in [5.74, 6) is -0.201. The van der Waals surface area contributed by atoms with Crippen molar-refractivity contribution in [2.45, 2.75) is 0 Å². The molecule has 1 N–H and O–H groups in total. The number of amides is 1. The Labute approximate surface area is 132 Å². The Morgan fingerprint density at radius 3 is 2.65 bits per heavy atom. The molecule has 114 valence electrons. The molecular formula is C17H14N4O2. The van der Waals surface area contributed by atoms with Gasteiger partial charge in [0.1, 0.15) is 5.52 Å². The summed E-state index contributed by atoms with van der Waals surface area (Å²) in [6.45, 7) is 3.95. The van der Waals surface area contributed by atoms with Crippen molar-refractivity contribution < 1.29 is 4.79 Å². The average molecular weight is 306 g/mol. The molecule has 1 amide bonds. The predicted octanol–water partition coefficient (Wildman–Crippen LogP) is 1.70. The summed E-state index contributed by atoms with van der Waals surface area (Å²) in [5.41, 5.74) is 1.35. The lowest BCUT2D eigenvalue weighted by atomic mass is 10.2. The summed E-state index contributed by atoms with van der Waals surface area (Å²) in [5, 5.41) is 11.2. The van der Waals surface area contributed by atoms with Crippen molar-refractivity contribution in [1.82, 2.24) is 20.3 Å². The van der Waals surface area contributed by atoms with E-state index in [-0.39, 0.29) is 11.5 Å². The van der Waals surface area contributed by atoms with Gasteiger partial charge in [0, 0.05) is 12.1 Å². The van der Waals surface area contributed by atoms with Crippen molar-refractivity contribution in [3.05, 3.63) is 77.1 Å². The minimum absolute atomic E-state index is 0.201. The zero-order valence-corrected chi connectivity index (χ0v) is 12.3. The van der Waals surface area contributed by atoms with Crippen LogP contribution in [0.5, 0.6) is 0 Å². The van der Waals surface area contributed by atoms with Gasteiger partial charge in [-0.15, -0.1) is 11.7 Å². The van der Waals surface area contributed by atoms with E-state index in [2.05, 4.69) is 22.2 Å². The second-order valence-corrected chi connectivity index (χ2v) is 4.87. The summed E-state index contributed by atoms with van der Waals surface area (Å²) in [6, 6.07) is 13.6. The van der Waals surface area contributed by atoms with Crippen LogP contribution in [0.2, 0.25) is 0 Å². The number of hydrogen-bond donors (Lipinski definition) is 1. The molecule has 0 fully saturated rings. The topological polar surface area (TPSA) is 76.9 Å².